The fourth-order valence-electron chi connectivity index (χ4n) is 2.05. The molecular weight excluding hydrogens is 196 g/mol. The third-order valence-corrected chi connectivity index (χ3v) is 3.14. The van der Waals surface area contributed by atoms with Gasteiger partial charge in [0.15, 0.2) is 0 Å². The lowest BCUT2D eigenvalue weighted by Crippen LogP contribution is -2.26. The van der Waals surface area contributed by atoms with E-state index in [2.05, 4.69) is 11.8 Å². The molecule has 0 aromatic heterocycles. The van der Waals surface area contributed by atoms with Crippen molar-refractivity contribution in [2.75, 3.05) is 17.2 Å². The van der Waals surface area contributed by atoms with Crippen LogP contribution in [-0.4, -0.2) is 12.6 Å². The smallest absolute Gasteiger partial charge is 0.0660 e. The van der Waals surface area contributed by atoms with E-state index in [9.17, 15) is 0 Å². The molecule has 2 N–H and O–H groups in total. The number of hydrogen-bond donors (Lipinski definition) is 1. The zero-order valence-corrected chi connectivity index (χ0v) is 9.09. The molecule has 76 valence electrons. The molecule has 1 atom stereocenters. The summed E-state index contributed by atoms with van der Waals surface area (Å²) in [6.07, 6.45) is 2.50. The summed E-state index contributed by atoms with van der Waals surface area (Å²) in [7, 11) is 0. The van der Waals surface area contributed by atoms with E-state index in [4.69, 9.17) is 17.3 Å². The van der Waals surface area contributed by atoms with Crippen LogP contribution in [0.5, 0.6) is 0 Å². The van der Waals surface area contributed by atoms with Gasteiger partial charge in [-0.25, -0.2) is 0 Å². The molecule has 1 unspecified atom stereocenters. The van der Waals surface area contributed by atoms with Crippen LogP contribution in [0.2, 0.25) is 5.02 Å². The van der Waals surface area contributed by atoms with Crippen molar-refractivity contribution in [1.82, 2.24) is 0 Å². The van der Waals surface area contributed by atoms with E-state index < -0.39 is 0 Å². The van der Waals surface area contributed by atoms with Gasteiger partial charge in [0.05, 0.1) is 10.7 Å². The Labute approximate surface area is 89.7 Å². The second-order valence-corrected chi connectivity index (χ2v) is 4.30. The third-order valence-electron chi connectivity index (χ3n) is 2.83. The summed E-state index contributed by atoms with van der Waals surface area (Å²) in [4.78, 5) is 2.35. The largest absolute Gasteiger partial charge is 0.399 e. The van der Waals surface area contributed by atoms with Crippen molar-refractivity contribution in [2.45, 2.75) is 25.8 Å². The second-order valence-electron chi connectivity index (χ2n) is 3.90. The predicted octanol–water partition coefficient (Wildman–Crippen LogP) is 2.91. The molecule has 1 aliphatic heterocycles. The SMILES string of the molecule is CC1CCCN1c1ccc(N)cc1Cl. The zero-order chi connectivity index (χ0) is 10.1. The number of anilines is 2. The molecule has 1 fully saturated rings. The summed E-state index contributed by atoms with van der Waals surface area (Å²) in [5.74, 6) is 0. The van der Waals surface area contributed by atoms with Gasteiger partial charge in [-0.1, -0.05) is 11.6 Å². The van der Waals surface area contributed by atoms with Gasteiger partial charge in [-0.2, -0.15) is 0 Å². The Morgan fingerprint density at radius 2 is 2.29 bits per heavy atom. The molecule has 14 heavy (non-hydrogen) atoms. The van der Waals surface area contributed by atoms with Crippen molar-refractivity contribution in [1.29, 1.82) is 0 Å². The van der Waals surface area contributed by atoms with Gasteiger partial charge < -0.3 is 10.6 Å². The van der Waals surface area contributed by atoms with E-state index in [1.165, 1.54) is 12.8 Å². The molecular formula is C11H15ClN2. The van der Waals surface area contributed by atoms with Crippen LogP contribution in [0.25, 0.3) is 0 Å². The molecule has 0 bridgehead atoms. The first-order valence-corrected chi connectivity index (χ1v) is 5.38. The van der Waals surface area contributed by atoms with E-state index in [0.717, 1.165) is 22.9 Å². The van der Waals surface area contributed by atoms with Gasteiger partial charge in [0.2, 0.25) is 0 Å². The normalized spacial score (nSPS) is 21.6. The van der Waals surface area contributed by atoms with Gasteiger partial charge in [-0.05, 0) is 38.0 Å². The molecule has 0 saturated carbocycles. The maximum absolute atomic E-state index is 6.15. The quantitative estimate of drug-likeness (QED) is 0.723. The first-order chi connectivity index (χ1) is 6.68. The highest BCUT2D eigenvalue weighted by molar-refractivity contribution is 6.33. The molecule has 3 heteroatoms. The minimum absolute atomic E-state index is 0.594. The molecule has 2 rings (SSSR count). The Hall–Kier alpha value is -0.890. The van der Waals surface area contributed by atoms with Gasteiger partial charge in [0.1, 0.15) is 0 Å². The van der Waals surface area contributed by atoms with E-state index >= 15 is 0 Å². The van der Waals surface area contributed by atoms with Crippen molar-refractivity contribution in [3.05, 3.63) is 23.2 Å². The Kier molecular flexibility index (Phi) is 2.55. The Balaban J connectivity index is 2.31. The zero-order valence-electron chi connectivity index (χ0n) is 8.33. The van der Waals surface area contributed by atoms with Crippen LogP contribution in [0.3, 0.4) is 0 Å². The van der Waals surface area contributed by atoms with Crippen molar-refractivity contribution in [3.63, 3.8) is 0 Å². The fourth-order valence-corrected chi connectivity index (χ4v) is 2.34. The van der Waals surface area contributed by atoms with E-state index in [1.54, 1.807) is 0 Å². The van der Waals surface area contributed by atoms with Crippen molar-refractivity contribution in [3.8, 4) is 0 Å². The topological polar surface area (TPSA) is 29.3 Å². The predicted molar refractivity (Wildman–Crippen MR) is 61.9 cm³/mol. The third kappa shape index (κ3) is 1.67. The Bertz CT molecular complexity index is 338. The lowest BCUT2D eigenvalue weighted by molar-refractivity contribution is 0.735. The molecule has 0 amide bonds. The maximum Gasteiger partial charge on any atom is 0.0660 e. The highest BCUT2D eigenvalue weighted by atomic mass is 35.5. The van der Waals surface area contributed by atoms with E-state index in [-0.39, 0.29) is 0 Å². The molecule has 0 aliphatic carbocycles. The Morgan fingerprint density at radius 1 is 1.50 bits per heavy atom. The molecule has 0 spiro atoms. The molecule has 0 radical (unpaired) electrons. The monoisotopic (exact) mass is 210 g/mol. The van der Waals surface area contributed by atoms with E-state index in [0.29, 0.717) is 6.04 Å². The van der Waals surface area contributed by atoms with Gasteiger partial charge in [0, 0.05) is 18.3 Å². The van der Waals surface area contributed by atoms with E-state index in [1.807, 2.05) is 18.2 Å². The number of benzene rings is 1. The van der Waals surface area contributed by atoms with Crippen LogP contribution < -0.4 is 10.6 Å². The lowest BCUT2D eigenvalue weighted by atomic mass is 10.2. The highest BCUT2D eigenvalue weighted by Crippen LogP contribution is 2.32. The number of hydrogen-bond acceptors (Lipinski definition) is 2. The summed E-state index contributed by atoms with van der Waals surface area (Å²) >= 11 is 6.15. The average Bonchev–Trinajstić information content (AvgIpc) is 2.52. The van der Waals surface area contributed by atoms with Crippen LogP contribution in [-0.2, 0) is 0 Å². The van der Waals surface area contributed by atoms with Gasteiger partial charge in [-0.3, -0.25) is 0 Å². The summed E-state index contributed by atoms with van der Waals surface area (Å²) in [6.45, 7) is 3.34. The summed E-state index contributed by atoms with van der Waals surface area (Å²) in [6, 6.07) is 6.34. The number of rotatable bonds is 1. The van der Waals surface area contributed by atoms with Crippen LogP contribution in [0.15, 0.2) is 18.2 Å². The fraction of sp³-hybridized carbons (Fsp3) is 0.455. The maximum atomic E-state index is 6.15. The summed E-state index contributed by atoms with van der Waals surface area (Å²) in [5.41, 5.74) is 7.50. The lowest BCUT2D eigenvalue weighted by Gasteiger charge is -2.24. The van der Waals surface area contributed by atoms with Crippen molar-refractivity contribution < 1.29 is 0 Å². The van der Waals surface area contributed by atoms with Crippen molar-refractivity contribution in [2.24, 2.45) is 0 Å². The van der Waals surface area contributed by atoms with Crippen LogP contribution in [0.1, 0.15) is 19.8 Å². The molecule has 2 nitrogen and oxygen atoms in total. The molecule has 1 aromatic rings. The molecule has 1 saturated heterocycles. The first-order valence-electron chi connectivity index (χ1n) is 5.00. The summed E-state index contributed by atoms with van der Waals surface area (Å²) in [5, 5.41) is 0.763. The van der Waals surface area contributed by atoms with Crippen LogP contribution in [0.4, 0.5) is 11.4 Å². The second kappa shape index (κ2) is 3.70. The molecule has 1 heterocycles. The van der Waals surface area contributed by atoms with Gasteiger partial charge in [0.25, 0.3) is 0 Å². The first kappa shape index (κ1) is 9.66. The van der Waals surface area contributed by atoms with Gasteiger partial charge in [-0.15, -0.1) is 0 Å². The van der Waals surface area contributed by atoms with Crippen LogP contribution >= 0.6 is 11.6 Å². The van der Waals surface area contributed by atoms with Crippen molar-refractivity contribution >= 4 is 23.0 Å². The van der Waals surface area contributed by atoms with Crippen LogP contribution in [0, 0.1) is 0 Å². The molecule has 1 aromatic carbocycles. The number of nitrogens with two attached hydrogens (primary N) is 1. The average molecular weight is 211 g/mol. The molecule has 1 aliphatic rings. The Morgan fingerprint density at radius 3 is 2.86 bits per heavy atom. The minimum Gasteiger partial charge on any atom is -0.399 e. The number of nitrogen functional groups attached to an aromatic ring is 1. The number of halogens is 1. The van der Waals surface area contributed by atoms with Gasteiger partial charge >= 0.3 is 0 Å². The highest BCUT2D eigenvalue weighted by Gasteiger charge is 2.21. The standard InChI is InChI=1S/C11H15ClN2/c1-8-3-2-6-14(8)11-5-4-9(13)7-10(11)12/h4-5,7-8H,2-3,6,13H2,1H3. The number of nitrogens with zero attached hydrogens (tertiary/aromatic N) is 1. The summed E-state index contributed by atoms with van der Waals surface area (Å²) < 4.78 is 0. The minimum atomic E-state index is 0.594.